The van der Waals surface area contributed by atoms with E-state index in [9.17, 15) is 39.6 Å². The summed E-state index contributed by atoms with van der Waals surface area (Å²) in [7, 11) is 0. The van der Waals surface area contributed by atoms with Crippen molar-refractivity contribution in [3.8, 4) is 21.1 Å². The van der Waals surface area contributed by atoms with E-state index >= 15 is 0 Å². The molecule has 0 amide bonds. The number of carboxylic acids is 4. The Morgan fingerprint density at radius 3 is 1.11 bits per heavy atom. The van der Waals surface area contributed by atoms with Crippen molar-refractivity contribution in [2.75, 3.05) is 0 Å². The van der Waals surface area contributed by atoms with Crippen LogP contribution < -0.4 is 9.13 Å². The number of hydrogen-bond donors (Lipinski definition) is 4. The average molecular weight is 655 g/mol. The van der Waals surface area contributed by atoms with Crippen LogP contribution in [0.3, 0.4) is 0 Å². The van der Waals surface area contributed by atoms with Crippen LogP contribution in [0.4, 0.5) is 0 Å². The number of thiazole rings is 2. The minimum atomic E-state index is -1.19. The molecule has 14 heteroatoms. The van der Waals surface area contributed by atoms with E-state index in [1.165, 1.54) is 46.9 Å². The number of aromatic nitrogens is 4. The molecule has 4 N–H and O–H groups in total. The lowest BCUT2D eigenvalue weighted by Gasteiger charge is -2.04. The Morgan fingerprint density at radius 2 is 0.826 bits per heavy atom. The summed E-state index contributed by atoms with van der Waals surface area (Å²) in [4.78, 5) is 56.8. The normalized spacial score (nSPS) is 11.0. The summed E-state index contributed by atoms with van der Waals surface area (Å²) in [6.07, 6.45) is 7.27. The third-order valence-corrected chi connectivity index (χ3v) is 9.08. The van der Waals surface area contributed by atoms with Gasteiger partial charge in [-0.25, -0.2) is 38.3 Å². The summed E-state index contributed by atoms with van der Waals surface area (Å²) in [5.74, 6) is -4.78. The van der Waals surface area contributed by atoms with E-state index < -0.39 is 23.9 Å². The van der Waals surface area contributed by atoms with Crippen molar-refractivity contribution in [1.29, 1.82) is 0 Å². The molecule has 0 saturated heterocycles. The van der Waals surface area contributed by atoms with Gasteiger partial charge < -0.3 is 20.4 Å². The number of rotatable bonds is 10. The summed E-state index contributed by atoms with van der Waals surface area (Å²) < 4.78 is 3.63. The number of nitrogens with zero attached hydrogens (tertiary/aromatic N) is 4. The number of hydrogen-bond acceptors (Lipinski definition) is 8. The minimum Gasteiger partial charge on any atom is -0.478 e. The summed E-state index contributed by atoms with van der Waals surface area (Å²) in [5.41, 5.74) is 2.49. The van der Waals surface area contributed by atoms with Crippen LogP contribution in [0.15, 0.2) is 85.5 Å². The van der Waals surface area contributed by atoms with Crippen molar-refractivity contribution in [2.45, 2.75) is 13.1 Å². The third kappa shape index (κ3) is 6.47. The second kappa shape index (κ2) is 12.3. The lowest BCUT2D eigenvalue weighted by molar-refractivity contribution is -0.688. The molecule has 0 aliphatic rings. The first kappa shape index (κ1) is 30.2. The Morgan fingerprint density at radius 1 is 0.522 bits per heavy atom. The Bertz CT molecular complexity index is 1930. The number of aromatic carboxylic acids is 4. The van der Waals surface area contributed by atoms with Crippen LogP contribution in [0, 0.1) is 0 Å². The summed E-state index contributed by atoms with van der Waals surface area (Å²) >= 11 is 2.89. The van der Waals surface area contributed by atoms with Gasteiger partial charge in [0, 0.05) is 46.5 Å². The quantitative estimate of drug-likeness (QED) is 0.153. The predicted octanol–water partition coefficient (Wildman–Crippen LogP) is 4.55. The molecule has 0 fully saturated rings. The van der Waals surface area contributed by atoms with Crippen LogP contribution in [-0.2, 0) is 13.1 Å². The fraction of sp³-hybridized carbons (Fsp3) is 0.0625. The molecule has 0 unspecified atom stereocenters. The van der Waals surface area contributed by atoms with Crippen LogP contribution in [-0.4, -0.2) is 54.3 Å². The molecule has 6 aromatic rings. The molecule has 0 saturated carbocycles. The molecule has 4 heterocycles. The molecule has 0 aliphatic carbocycles. The minimum absolute atomic E-state index is 0.0871. The van der Waals surface area contributed by atoms with Gasteiger partial charge in [-0.1, -0.05) is 22.7 Å². The van der Waals surface area contributed by atoms with E-state index in [4.69, 9.17) is 9.97 Å². The zero-order chi connectivity index (χ0) is 32.5. The highest BCUT2D eigenvalue weighted by Gasteiger charge is 2.18. The van der Waals surface area contributed by atoms with E-state index in [1.807, 2.05) is 58.2 Å². The first-order valence-corrected chi connectivity index (χ1v) is 15.1. The van der Waals surface area contributed by atoms with Crippen molar-refractivity contribution in [3.05, 3.63) is 119 Å². The van der Waals surface area contributed by atoms with Gasteiger partial charge in [-0.15, -0.1) is 0 Å². The molecule has 2 aromatic carbocycles. The van der Waals surface area contributed by atoms with Gasteiger partial charge in [-0.2, -0.15) is 0 Å². The second-order valence-corrected chi connectivity index (χ2v) is 12.2. The zero-order valence-electron chi connectivity index (χ0n) is 23.5. The molecule has 0 spiro atoms. The van der Waals surface area contributed by atoms with Crippen molar-refractivity contribution in [2.24, 2.45) is 0 Å². The smallest absolute Gasteiger partial charge is 0.335 e. The molecular formula is C32H22N4O8S2+2. The molecule has 0 bridgehead atoms. The number of benzene rings is 2. The van der Waals surface area contributed by atoms with Crippen LogP contribution in [0.2, 0.25) is 0 Å². The number of fused-ring (bicyclic) bond motifs is 1. The maximum Gasteiger partial charge on any atom is 0.335 e. The van der Waals surface area contributed by atoms with Gasteiger partial charge in [0.2, 0.25) is 0 Å². The topological polar surface area (TPSA) is 183 Å². The number of pyridine rings is 2. The highest BCUT2D eigenvalue weighted by atomic mass is 32.1. The first-order valence-electron chi connectivity index (χ1n) is 13.5. The molecule has 0 radical (unpaired) electrons. The van der Waals surface area contributed by atoms with Crippen LogP contribution in [0.5, 0.6) is 0 Å². The molecule has 12 nitrogen and oxygen atoms in total. The molecule has 46 heavy (non-hydrogen) atoms. The summed E-state index contributed by atoms with van der Waals surface area (Å²) in [6.45, 7) is 0.573. The maximum absolute atomic E-state index is 11.4. The van der Waals surface area contributed by atoms with Crippen LogP contribution in [0.25, 0.3) is 30.8 Å². The standard InChI is InChI=1S/C32H20N4O8S2/c37-29(38)21-9-17(10-22(13-21)30(39)40)15-35-5-1-19(2-6-35)25-33-27-28(45-25)34-26(46-27)20-3-7-36(8-4-20)16-18-11-23(31(41)42)14-24(12-18)32(43)44/h1-14H,15-16H2,(H2-2,37,38,39,40,41,42,43,44)/p+2. The molecular weight excluding hydrogens is 633 g/mol. The number of carbonyl (C=O) groups is 4. The van der Waals surface area contributed by atoms with Crippen LogP contribution in [0.1, 0.15) is 52.6 Å². The Hall–Kier alpha value is -5.86. The lowest BCUT2D eigenvalue weighted by atomic mass is 10.1. The fourth-order valence-electron chi connectivity index (χ4n) is 4.78. The molecule has 228 valence electrons. The van der Waals surface area contributed by atoms with Gasteiger partial charge in [0.05, 0.1) is 22.3 Å². The number of carboxylic acid groups (broad SMARTS) is 4. The van der Waals surface area contributed by atoms with Gasteiger partial charge in [0.25, 0.3) is 0 Å². The van der Waals surface area contributed by atoms with E-state index in [1.54, 1.807) is 0 Å². The zero-order valence-corrected chi connectivity index (χ0v) is 25.2. The van der Waals surface area contributed by atoms with E-state index in [0.29, 0.717) is 11.1 Å². The summed E-state index contributed by atoms with van der Waals surface area (Å²) in [5, 5.41) is 38.9. The highest BCUT2D eigenvalue weighted by Crippen LogP contribution is 2.36. The van der Waals surface area contributed by atoms with Crippen LogP contribution >= 0.6 is 22.7 Å². The summed E-state index contributed by atoms with van der Waals surface area (Å²) in [6, 6.07) is 15.6. The maximum atomic E-state index is 11.4. The second-order valence-electron chi connectivity index (χ2n) is 10.2. The molecule has 4 aromatic heterocycles. The molecule has 0 atom stereocenters. The Kier molecular flexibility index (Phi) is 8.04. The van der Waals surface area contributed by atoms with Gasteiger partial charge >= 0.3 is 23.9 Å². The lowest BCUT2D eigenvalue weighted by Crippen LogP contribution is -2.33. The Labute approximate surface area is 267 Å². The third-order valence-electron chi connectivity index (χ3n) is 6.96. The van der Waals surface area contributed by atoms with E-state index in [0.717, 1.165) is 42.9 Å². The Balaban J connectivity index is 1.16. The average Bonchev–Trinajstić information content (AvgIpc) is 3.61. The van der Waals surface area contributed by atoms with Crippen molar-refractivity contribution < 1.29 is 48.7 Å². The van der Waals surface area contributed by atoms with Crippen molar-refractivity contribution in [3.63, 3.8) is 0 Å². The monoisotopic (exact) mass is 654 g/mol. The van der Waals surface area contributed by atoms with Crippen molar-refractivity contribution in [1.82, 2.24) is 9.97 Å². The van der Waals surface area contributed by atoms with Gasteiger partial charge in [0.15, 0.2) is 47.5 Å². The molecule has 0 aliphatic heterocycles. The van der Waals surface area contributed by atoms with Gasteiger partial charge in [-0.05, 0) is 36.4 Å². The largest absolute Gasteiger partial charge is 0.478 e. The highest BCUT2D eigenvalue weighted by molar-refractivity contribution is 7.29. The molecule has 6 rings (SSSR count). The van der Waals surface area contributed by atoms with Gasteiger partial charge in [-0.3, -0.25) is 0 Å². The first-order chi connectivity index (χ1) is 22.0. The predicted molar refractivity (Wildman–Crippen MR) is 165 cm³/mol. The SMILES string of the molecule is O=C(O)c1cc(C[n+]2ccc(-c3nc4sc(-c5cc[n+](Cc6cc(C(=O)O)cc(C(=O)O)c6)cc5)nc4s3)cc2)cc(C(=O)O)c1. The van der Waals surface area contributed by atoms with Crippen molar-refractivity contribution >= 4 is 56.2 Å². The fourth-order valence-corrected chi connectivity index (χ4v) is 6.83. The van der Waals surface area contributed by atoms with E-state index in [2.05, 4.69) is 0 Å². The van der Waals surface area contributed by atoms with Gasteiger partial charge in [0.1, 0.15) is 10.0 Å². The van der Waals surface area contributed by atoms with E-state index in [-0.39, 0.29) is 35.3 Å².